The first-order valence-electron chi connectivity index (χ1n) is 6.38. The summed E-state index contributed by atoms with van der Waals surface area (Å²) in [6.45, 7) is 8.37. The molecule has 0 heterocycles. The lowest BCUT2D eigenvalue weighted by Crippen LogP contribution is -3.11. The van der Waals surface area contributed by atoms with Crippen LogP contribution in [0.4, 0.5) is 5.69 Å². The lowest BCUT2D eigenvalue weighted by Gasteiger charge is -2.15. The summed E-state index contributed by atoms with van der Waals surface area (Å²) in [5, 5.41) is 10.5. The molecule has 0 aromatic heterocycles. The van der Waals surface area contributed by atoms with Crippen molar-refractivity contribution in [1.29, 1.82) is 0 Å². The highest BCUT2D eigenvalue weighted by Crippen LogP contribution is 2.17. The second-order valence-electron chi connectivity index (χ2n) is 4.16. The minimum absolute atomic E-state index is 0.0925. The first kappa shape index (κ1) is 14.4. The molecule has 0 aliphatic rings. The van der Waals surface area contributed by atoms with Crippen LogP contribution in [0.5, 0.6) is 5.75 Å². The van der Waals surface area contributed by atoms with E-state index in [4.69, 9.17) is 4.74 Å². The summed E-state index contributed by atoms with van der Waals surface area (Å²) in [5.41, 5.74) is 0.0925. The molecule has 1 N–H and O–H groups in total. The highest BCUT2D eigenvalue weighted by atomic mass is 16.6. The molecule has 1 aromatic rings. The summed E-state index contributed by atoms with van der Waals surface area (Å²) in [7, 11) is 0. The molecular formula is C13H21N2O3+. The van der Waals surface area contributed by atoms with Crippen molar-refractivity contribution in [2.24, 2.45) is 0 Å². The topological polar surface area (TPSA) is 56.8 Å². The van der Waals surface area contributed by atoms with E-state index < -0.39 is 4.92 Å². The number of quaternary nitrogens is 1. The van der Waals surface area contributed by atoms with Crippen LogP contribution in [0.25, 0.3) is 0 Å². The highest BCUT2D eigenvalue weighted by molar-refractivity contribution is 5.35. The van der Waals surface area contributed by atoms with Crippen LogP contribution < -0.4 is 9.64 Å². The number of hydrogen-bond donors (Lipinski definition) is 1. The predicted molar refractivity (Wildman–Crippen MR) is 70.1 cm³/mol. The number of nitrogens with one attached hydrogen (secondary N) is 1. The van der Waals surface area contributed by atoms with E-state index in [0.29, 0.717) is 12.4 Å². The van der Waals surface area contributed by atoms with Crippen molar-refractivity contribution < 1.29 is 14.6 Å². The third-order valence-electron chi connectivity index (χ3n) is 2.99. The Hall–Kier alpha value is -1.62. The van der Waals surface area contributed by atoms with E-state index in [-0.39, 0.29) is 5.69 Å². The molecule has 0 aliphatic heterocycles. The molecule has 0 fully saturated rings. The van der Waals surface area contributed by atoms with Gasteiger partial charge in [0.05, 0.1) is 31.2 Å². The zero-order valence-corrected chi connectivity index (χ0v) is 11.0. The maximum atomic E-state index is 10.5. The number of rotatable bonds is 8. The van der Waals surface area contributed by atoms with Gasteiger partial charge in [-0.15, -0.1) is 0 Å². The van der Waals surface area contributed by atoms with E-state index in [2.05, 4.69) is 13.8 Å². The van der Waals surface area contributed by atoms with Gasteiger partial charge in [-0.2, -0.15) is 0 Å². The lowest BCUT2D eigenvalue weighted by molar-refractivity contribution is -0.896. The van der Waals surface area contributed by atoms with Gasteiger partial charge < -0.3 is 9.64 Å². The Morgan fingerprint density at radius 1 is 1.22 bits per heavy atom. The van der Waals surface area contributed by atoms with Crippen molar-refractivity contribution in [2.75, 3.05) is 26.2 Å². The number of nitro groups is 1. The number of hydrogen-bond acceptors (Lipinski definition) is 3. The van der Waals surface area contributed by atoms with Crippen molar-refractivity contribution >= 4 is 5.69 Å². The first-order valence-corrected chi connectivity index (χ1v) is 6.38. The van der Waals surface area contributed by atoms with Gasteiger partial charge >= 0.3 is 0 Å². The van der Waals surface area contributed by atoms with Crippen LogP contribution >= 0.6 is 0 Å². The van der Waals surface area contributed by atoms with Gasteiger partial charge in [0.2, 0.25) is 0 Å². The summed E-state index contributed by atoms with van der Waals surface area (Å²) in [4.78, 5) is 11.6. The van der Waals surface area contributed by atoms with Crippen LogP contribution in [-0.4, -0.2) is 31.2 Å². The second-order valence-corrected chi connectivity index (χ2v) is 4.16. The number of benzene rings is 1. The Morgan fingerprint density at radius 3 is 2.33 bits per heavy atom. The van der Waals surface area contributed by atoms with Gasteiger partial charge in [0.25, 0.3) is 5.69 Å². The lowest BCUT2D eigenvalue weighted by atomic mass is 10.3. The summed E-state index contributed by atoms with van der Waals surface area (Å²) < 4.78 is 5.54. The molecule has 1 aromatic carbocycles. The quantitative estimate of drug-likeness (QED) is 0.431. The van der Waals surface area contributed by atoms with Crippen molar-refractivity contribution in [3.05, 3.63) is 34.4 Å². The van der Waals surface area contributed by atoms with E-state index in [1.165, 1.54) is 12.1 Å². The molecular weight excluding hydrogens is 232 g/mol. The van der Waals surface area contributed by atoms with Crippen LogP contribution in [-0.2, 0) is 0 Å². The molecule has 0 unspecified atom stereocenters. The summed E-state index contributed by atoms with van der Waals surface area (Å²) >= 11 is 0. The maximum Gasteiger partial charge on any atom is 0.269 e. The molecule has 0 saturated carbocycles. The second kappa shape index (κ2) is 7.66. The molecule has 5 nitrogen and oxygen atoms in total. The molecule has 0 radical (unpaired) electrons. The first-order chi connectivity index (χ1) is 8.67. The van der Waals surface area contributed by atoms with Crippen molar-refractivity contribution in [2.45, 2.75) is 20.3 Å². The smallest absolute Gasteiger partial charge is 0.269 e. The Kier molecular flexibility index (Phi) is 6.14. The average Bonchev–Trinajstić information content (AvgIpc) is 2.39. The molecule has 100 valence electrons. The van der Waals surface area contributed by atoms with Crippen molar-refractivity contribution in [3.8, 4) is 5.75 Å². The number of nitrogens with zero attached hydrogens (tertiary/aromatic N) is 1. The maximum absolute atomic E-state index is 10.5. The zero-order chi connectivity index (χ0) is 13.4. The van der Waals surface area contributed by atoms with Crippen molar-refractivity contribution in [3.63, 3.8) is 0 Å². The van der Waals surface area contributed by atoms with E-state index >= 15 is 0 Å². The molecule has 0 amide bonds. The number of nitro benzene ring substituents is 1. The van der Waals surface area contributed by atoms with E-state index in [1.807, 2.05) is 0 Å². The van der Waals surface area contributed by atoms with E-state index in [1.54, 1.807) is 17.0 Å². The molecule has 18 heavy (non-hydrogen) atoms. The normalized spacial score (nSPS) is 10.6. The minimum atomic E-state index is -0.409. The largest absolute Gasteiger partial charge is 0.493 e. The number of ether oxygens (including phenoxy) is 1. The highest BCUT2D eigenvalue weighted by Gasteiger charge is 2.05. The van der Waals surface area contributed by atoms with E-state index in [9.17, 15) is 10.1 Å². The van der Waals surface area contributed by atoms with E-state index in [0.717, 1.165) is 26.1 Å². The molecule has 0 atom stereocenters. The third-order valence-corrected chi connectivity index (χ3v) is 2.99. The molecule has 0 aliphatic carbocycles. The zero-order valence-electron chi connectivity index (χ0n) is 11.0. The SMILES string of the molecule is CC[NH+](CC)CCCOc1ccc([N+](=O)[O-])cc1. The fourth-order valence-corrected chi connectivity index (χ4v) is 1.78. The third kappa shape index (κ3) is 4.71. The van der Waals surface area contributed by atoms with Crippen LogP contribution in [0.1, 0.15) is 20.3 Å². The standard InChI is InChI=1S/C13H20N2O3/c1-3-14(4-2)10-5-11-18-13-8-6-12(7-9-13)15(16)17/h6-9H,3-5,10-11H2,1-2H3/p+1. The van der Waals surface area contributed by atoms with Crippen LogP contribution in [0.15, 0.2) is 24.3 Å². The Labute approximate surface area is 108 Å². The van der Waals surface area contributed by atoms with Gasteiger partial charge in [-0.1, -0.05) is 0 Å². The van der Waals surface area contributed by atoms with Crippen molar-refractivity contribution in [1.82, 2.24) is 0 Å². The van der Waals surface area contributed by atoms with Gasteiger partial charge in [0.15, 0.2) is 0 Å². The van der Waals surface area contributed by atoms with Crippen LogP contribution in [0, 0.1) is 10.1 Å². The van der Waals surface area contributed by atoms with Crippen LogP contribution in [0.2, 0.25) is 0 Å². The summed E-state index contributed by atoms with van der Waals surface area (Å²) in [5.74, 6) is 0.690. The van der Waals surface area contributed by atoms with Gasteiger partial charge in [-0.3, -0.25) is 10.1 Å². The fraction of sp³-hybridized carbons (Fsp3) is 0.538. The van der Waals surface area contributed by atoms with Gasteiger partial charge in [-0.05, 0) is 26.0 Å². The fourth-order valence-electron chi connectivity index (χ4n) is 1.78. The molecule has 0 spiro atoms. The molecule has 0 bridgehead atoms. The Bertz CT molecular complexity index is 361. The number of non-ortho nitro benzene ring substituents is 1. The summed E-state index contributed by atoms with van der Waals surface area (Å²) in [6.07, 6.45) is 0.994. The summed E-state index contributed by atoms with van der Waals surface area (Å²) in [6, 6.07) is 6.21. The van der Waals surface area contributed by atoms with Crippen LogP contribution in [0.3, 0.4) is 0 Å². The van der Waals surface area contributed by atoms with Gasteiger partial charge in [-0.25, -0.2) is 0 Å². The predicted octanol–water partition coefficient (Wildman–Crippen LogP) is 1.29. The minimum Gasteiger partial charge on any atom is -0.493 e. The monoisotopic (exact) mass is 253 g/mol. The Morgan fingerprint density at radius 2 is 1.83 bits per heavy atom. The average molecular weight is 253 g/mol. The molecule has 5 heteroatoms. The van der Waals surface area contributed by atoms with Gasteiger partial charge in [0.1, 0.15) is 5.75 Å². The Balaban J connectivity index is 2.29. The van der Waals surface area contributed by atoms with Gasteiger partial charge in [0, 0.05) is 18.6 Å². The molecule has 0 saturated heterocycles. The molecule has 1 rings (SSSR count).